The lowest BCUT2D eigenvalue weighted by Crippen LogP contribution is -2.26. The molecule has 0 fully saturated rings. The van der Waals surface area contributed by atoms with Crippen molar-refractivity contribution in [3.8, 4) is 0 Å². The molecule has 2 aromatic carbocycles. The van der Waals surface area contributed by atoms with E-state index in [1.54, 1.807) is 19.2 Å². The van der Waals surface area contributed by atoms with E-state index in [0.29, 0.717) is 9.13 Å². The second-order valence-corrected chi connectivity index (χ2v) is 5.49. The molecule has 0 N–H and O–H groups in total. The van der Waals surface area contributed by atoms with Crippen LogP contribution in [-0.4, -0.2) is 13.0 Å². The van der Waals surface area contributed by atoms with Crippen molar-refractivity contribution in [2.75, 3.05) is 11.9 Å². The molecule has 98 valence electrons. The highest BCUT2D eigenvalue weighted by molar-refractivity contribution is 14.1. The molecule has 1 amide bonds. The van der Waals surface area contributed by atoms with Gasteiger partial charge in [-0.05, 0) is 65.4 Å². The summed E-state index contributed by atoms with van der Waals surface area (Å²) in [5.74, 6) is -0.593. The van der Waals surface area contributed by atoms with Gasteiger partial charge in [-0.3, -0.25) is 4.79 Å². The first kappa shape index (κ1) is 14.0. The number of carbonyl (C=O) groups is 1. The van der Waals surface area contributed by atoms with Crippen LogP contribution in [0.4, 0.5) is 10.1 Å². The zero-order valence-electron chi connectivity index (χ0n) is 10.7. The number of nitrogens with zero attached hydrogens (tertiary/aromatic N) is 1. The van der Waals surface area contributed by atoms with Crippen LogP contribution in [0, 0.1) is 16.3 Å². The molecule has 0 atom stereocenters. The van der Waals surface area contributed by atoms with Gasteiger partial charge in [-0.1, -0.05) is 12.1 Å². The summed E-state index contributed by atoms with van der Waals surface area (Å²) in [6.45, 7) is 1.96. The van der Waals surface area contributed by atoms with Gasteiger partial charge in [0.1, 0.15) is 5.82 Å². The maximum atomic E-state index is 13.5. The smallest absolute Gasteiger partial charge is 0.258 e. The lowest BCUT2D eigenvalue weighted by Gasteiger charge is -2.18. The van der Waals surface area contributed by atoms with Crippen LogP contribution in [0.1, 0.15) is 15.9 Å². The highest BCUT2D eigenvalue weighted by Crippen LogP contribution is 2.19. The third kappa shape index (κ3) is 3.12. The number of benzene rings is 2. The van der Waals surface area contributed by atoms with Crippen LogP contribution >= 0.6 is 22.6 Å². The second-order valence-electron chi connectivity index (χ2n) is 4.33. The minimum Gasteiger partial charge on any atom is -0.311 e. The molecule has 0 aromatic heterocycles. The molecule has 0 heterocycles. The molecular weight excluding hydrogens is 356 g/mol. The van der Waals surface area contributed by atoms with E-state index in [9.17, 15) is 9.18 Å². The van der Waals surface area contributed by atoms with Crippen molar-refractivity contribution in [2.24, 2.45) is 0 Å². The largest absolute Gasteiger partial charge is 0.311 e. The number of hydrogen-bond acceptors (Lipinski definition) is 1. The number of aryl methyl sites for hydroxylation is 1. The molecular formula is C15H13FINO. The molecule has 0 unspecified atom stereocenters. The van der Waals surface area contributed by atoms with Crippen LogP contribution in [0.3, 0.4) is 0 Å². The molecule has 0 aliphatic rings. The normalized spacial score (nSPS) is 10.3. The molecule has 0 saturated heterocycles. The highest BCUT2D eigenvalue weighted by atomic mass is 127. The highest BCUT2D eigenvalue weighted by Gasteiger charge is 2.14. The Morgan fingerprint density at radius 1 is 1.21 bits per heavy atom. The van der Waals surface area contributed by atoms with Crippen LogP contribution in [0.5, 0.6) is 0 Å². The molecule has 4 heteroatoms. The monoisotopic (exact) mass is 369 g/mol. The molecule has 0 aliphatic carbocycles. The van der Waals surface area contributed by atoms with E-state index < -0.39 is 0 Å². The second kappa shape index (κ2) is 5.69. The summed E-state index contributed by atoms with van der Waals surface area (Å²) in [6, 6.07) is 12.1. The van der Waals surface area contributed by atoms with Crippen LogP contribution < -0.4 is 4.90 Å². The van der Waals surface area contributed by atoms with Crippen molar-refractivity contribution in [1.29, 1.82) is 0 Å². The first-order valence-corrected chi connectivity index (χ1v) is 6.86. The molecule has 0 bridgehead atoms. The molecule has 0 aliphatic heterocycles. The van der Waals surface area contributed by atoms with Crippen molar-refractivity contribution in [3.63, 3.8) is 0 Å². The minimum atomic E-state index is -0.371. The summed E-state index contributed by atoms with van der Waals surface area (Å²) in [6.07, 6.45) is 0. The average Bonchev–Trinajstić information content (AvgIpc) is 2.40. The van der Waals surface area contributed by atoms with Crippen molar-refractivity contribution < 1.29 is 9.18 Å². The summed E-state index contributed by atoms with van der Waals surface area (Å²) in [5, 5.41) is 0. The molecule has 2 nitrogen and oxygen atoms in total. The Morgan fingerprint density at radius 2 is 1.95 bits per heavy atom. The summed E-state index contributed by atoms with van der Waals surface area (Å²) in [5.41, 5.74) is 2.22. The number of halogens is 2. The molecule has 19 heavy (non-hydrogen) atoms. The van der Waals surface area contributed by atoms with Crippen molar-refractivity contribution in [3.05, 3.63) is 63.0 Å². The summed E-state index contributed by atoms with van der Waals surface area (Å²) >= 11 is 1.90. The van der Waals surface area contributed by atoms with Gasteiger partial charge < -0.3 is 4.90 Å². The standard InChI is InChI=1S/C15H13FINO/c1-10-4-3-5-12(8-10)18(2)15(19)11-6-7-14(17)13(16)9-11/h3-9H,1-2H3. The molecule has 0 saturated carbocycles. The number of hydrogen-bond donors (Lipinski definition) is 0. The molecule has 0 radical (unpaired) electrons. The Morgan fingerprint density at radius 3 is 2.58 bits per heavy atom. The third-order valence-corrected chi connectivity index (χ3v) is 3.73. The fourth-order valence-corrected chi connectivity index (χ4v) is 2.11. The zero-order chi connectivity index (χ0) is 14.0. The van der Waals surface area contributed by atoms with Crippen LogP contribution in [-0.2, 0) is 0 Å². The fraction of sp³-hybridized carbons (Fsp3) is 0.133. The number of anilines is 1. The maximum absolute atomic E-state index is 13.5. The zero-order valence-corrected chi connectivity index (χ0v) is 12.8. The van der Waals surface area contributed by atoms with Crippen LogP contribution in [0.15, 0.2) is 42.5 Å². The molecule has 0 spiro atoms. The van der Waals surface area contributed by atoms with Gasteiger partial charge >= 0.3 is 0 Å². The van der Waals surface area contributed by atoms with E-state index in [2.05, 4.69) is 0 Å². The molecule has 2 aromatic rings. The van der Waals surface area contributed by atoms with Crippen LogP contribution in [0.25, 0.3) is 0 Å². The summed E-state index contributed by atoms with van der Waals surface area (Å²) < 4.78 is 14.0. The number of carbonyl (C=O) groups excluding carboxylic acids is 1. The predicted octanol–water partition coefficient (Wildman–Crippen LogP) is 4.02. The van der Waals surface area contributed by atoms with E-state index in [-0.39, 0.29) is 11.7 Å². The van der Waals surface area contributed by atoms with Crippen LogP contribution in [0.2, 0.25) is 0 Å². The Bertz CT molecular complexity index is 627. The van der Waals surface area contributed by atoms with E-state index in [0.717, 1.165) is 11.3 Å². The Hall–Kier alpha value is -1.43. The van der Waals surface area contributed by atoms with Gasteiger partial charge in [-0.25, -0.2) is 4.39 Å². The average molecular weight is 369 g/mol. The van der Waals surface area contributed by atoms with Gasteiger partial charge in [0.15, 0.2) is 0 Å². The van der Waals surface area contributed by atoms with E-state index >= 15 is 0 Å². The van der Waals surface area contributed by atoms with Crippen molar-refractivity contribution in [1.82, 2.24) is 0 Å². The van der Waals surface area contributed by atoms with Crippen molar-refractivity contribution in [2.45, 2.75) is 6.92 Å². The fourth-order valence-electron chi connectivity index (χ4n) is 1.78. The minimum absolute atomic E-state index is 0.221. The van der Waals surface area contributed by atoms with E-state index in [1.165, 1.54) is 11.0 Å². The lowest BCUT2D eigenvalue weighted by atomic mass is 10.1. The van der Waals surface area contributed by atoms with Crippen molar-refractivity contribution >= 4 is 34.2 Å². The van der Waals surface area contributed by atoms with Gasteiger partial charge in [0.2, 0.25) is 0 Å². The van der Waals surface area contributed by atoms with Gasteiger partial charge in [0.25, 0.3) is 5.91 Å². The Labute approximate surface area is 125 Å². The first-order valence-electron chi connectivity index (χ1n) is 5.79. The SMILES string of the molecule is Cc1cccc(N(C)C(=O)c2ccc(I)c(F)c2)c1. The van der Waals surface area contributed by atoms with E-state index in [4.69, 9.17) is 0 Å². The number of amides is 1. The lowest BCUT2D eigenvalue weighted by molar-refractivity contribution is 0.0992. The van der Waals surface area contributed by atoms with Gasteiger partial charge in [0.05, 0.1) is 0 Å². The van der Waals surface area contributed by atoms with E-state index in [1.807, 2.05) is 53.8 Å². The quantitative estimate of drug-likeness (QED) is 0.733. The summed E-state index contributed by atoms with van der Waals surface area (Å²) in [4.78, 5) is 13.8. The van der Waals surface area contributed by atoms with Gasteiger partial charge in [-0.15, -0.1) is 0 Å². The third-order valence-electron chi connectivity index (χ3n) is 2.86. The van der Waals surface area contributed by atoms with Gasteiger partial charge in [0, 0.05) is 21.9 Å². The topological polar surface area (TPSA) is 20.3 Å². The predicted molar refractivity (Wildman–Crippen MR) is 83.0 cm³/mol. The summed E-state index contributed by atoms with van der Waals surface area (Å²) in [7, 11) is 1.69. The molecule has 2 rings (SSSR count). The Kier molecular flexibility index (Phi) is 4.19. The number of rotatable bonds is 2. The maximum Gasteiger partial charge on any atom is 0.258 e. The Balaban J connectivity index is 2.30. The first-order chi connectivity index (χ1) is 8.99. The van der Waals surface area contributed by atoms with Gasteiger partial charge in [-0.2, -0.15) is 0 Å².